The molecule has 26 heavy (non-hydrogen) atoms. The molecule has 0 fully saturated rings. The molecule has 0 saturated heterocycles. The van der Waals surface area contributed by atoms with Gasteiger partial charge in [0.05, 0.1) is 0 Å². The largest absolute Gasteiger partial charge is 0.507 e. The van der Waals surface area contributed by atoms with Crippen LogP contribution in [0.5, 0.6) is 5.75 Å². The third-order valence-corrected chi connectivity index (χ3v) is 3.61. The van der Waals surface area contributed by atoms with Crippen LogP contribution in [-0.4, -0.2) is 28.8 Å². The van der Waals surface area contributed by atoms with Gasteiger partial charge in [-0.3, -0.25) is 4.79 Å². The van der Waals surface area contributed by atoms with E-state index < -0.39 is 5.97 Å². The topological polar surface area (TPSA) is 83.8 Å². The molecular weight excluding hydrogens is 332 g/mol. The summed E-state index contributed by atoms with van der Waals surface area (Å²) in [4.78, 5) is 21.6. The number of hydrogen-bond donors (Lipinski definition) is 2. The third-order valence-electron chi connectivity index (χ3n) is 3.61. The van der Waals surface area contributed by atoms with Gasteiger partial charge in [-0.1, -0.05) is 17.7 Å². The van der Waals surface area contributed by atoms with Gasteiger partial charge >= 0.3 is 11.9 Å². The number of esters is 1. The van der Waals surface area contributed by atoms with Crippen LogP contribution in [0.3, 0.4) is 0 Å². The monoisotopic (exact) mass is 358 g/mol. The summed E-state index contributed by atoms with van der Waals surface area (Å²) in [6, 6.07) is 3.55. The lowest BCUT2D eigenvalue weighted by atomic mass is 9.98. The highest BCUT2D eigenvalue weighted by molar-refractivity contribution is 5.85. The molecule has 0 aliphatic heterocycles. The summed E-state index contributed by atoms with van der Waals surface area (Å²) in [7, 11) is 0. The zero-order chi connectivity index (χ0) is 19.7. The molecule has 0 unspecified atom stereocenters. The molecule has 5 heteroatoms. The summed E-state index contributed by atoms with van der Waals surface area (Å²) >= 11 is 0. The normalized spacial score (nSPS) is 11.5. The second-order valence-corrected chi connectivity index (χ2v) is 6.38. The van der Waals surface area contributed by atoms with Crippen LogP contribution in [0.4, 0.5) is 0 Å². The first-order valence-electron chi connectivity index (χ1n) is 8.37. The molecule has 1 aromatic rings. The van der Waals surface area contributed by atoms with Crippen molar-refractivity contribution < 1.29 is 24.5 Å². The van der Waals surface area contributed by atoms with Gasteiger partial charge in [0.2, 0.25) is 0 Å². The van der Waals surface area contributed by atoms with Crippen LogP contribution in [0.15, 0.2) is 41.5 Å². The maximum atomic E-state index is 10.9. The van der Waals surface area contributed by atoms with Gasteiger partial charge in [-0.25, -0.2) is 4.79 Å². The minimum atomic E-state index is -1.03. The Bertz CT molecular complexity index is 750. The maximum absolute atomic E-state index is 10.9. The first kappa shape index (κ1) is 21.2. The average Bonchev–Trinajstić information content (AvgIpc) is 2.56. The summed E-state index contributed by atoms with van der Waals surface area (Å²) < 4.78 is 4.95. The molecule has 2 N–H and O–H groups in total. The quantitative estimate of drug-likeness (QED) is 0.416. The fourth-order valence-corrected chi connectivity index (χ4v) is 2.23. The highest BCUT2D eigenvalue weighted by Gasteiger charge is 2.09. The fraction of sp³-hybridized carbons (Fsp3) is 0.333. The second kappa shape index (κ2) is 10.2. The van der Waals surface area contributed by atoms with E-state index in [2.05, 4.69) is 0 Å². The van der Waals surface area contributed by atoms with Gasteiger partial charge in [0.25, 0.3) is 0 Å². The Hall–Kier alpha value is -2.82. The zero-order valence-corrected chi connectivity index (χ0v) is 15.7. The van der Waals surface area contributed by atoms with Crippen molar-refractivity contribution >= 4 is 18.0 Å². The Morgan fingerprint density at radius 1 is 1.04 bits per heavy atom. The molecule has 5 nitrogen and oxygen atoms in total. The van der Waals surface area contributed by atoms with E-state index in [4.69, 9.17) is 9.84 Å². The van der Waals surface area contributed by atoms with Crippen LogP contribution in [0.25, 0.3) is 6.08 Å². The van der Waals surface area contributed by atoms with Crippen molar-refractivity contribution in [3.63, 3.8) is 0 Å². The number of hydrogen-bond acceptors (Lipinski definition) is 4. The first-order chi connectivity index (χ1) is 12.2. The Morgan fingerprint density at radius 2 is 1.62 bits per heavy atom. The number of aliphatic carboxylic acids is 1. The van der Waals surface area contributed by atoms with Gasteiger partial charge < -0.3 is 14.9 Å². The van der Waals surface area contributed by atoms with Crippen LogP contribution in [0.1, 0.15) is 44.4 Å². The van der Waals surface area contributed by atoms with Gasteiger partial charge in [-0.2, -0.15) is 0 Å². The van der Waals surface area contributed by atoms with Crippen molar-refractivity contribution in [2.45, 2.75) is 40.5 Å². The number of benzene rings is 1. The molecule has 0 heterocycles. The van der Waals surface area contributed by atoms with Crippen LogP contribution < -0.4 is 0 Å². The van der Waals surface area contributed by atoms with Crippen molar-refractivity contribution in [3.05, 3.63) is 58.2 Å². The molecule has 0 radical (unpaired) electrons. The van der Waals surface area contributed by atoms with Gasteiger partial charge in [-0.15, -0.1) is 0 Å². The number of ether oxygens (including phenoxy) is 1. The maximum Gasteiger partial charge on any atom is 0.328 e. The van der Waals surface area contributed by atoms with Crippen molar-refractivity contribution in [1.82, 2.24) is 0 Å². The number of carboxylic acids is 1. The number of allylic oxidation sites excluding steroid dienone is 3. The molecule has 140 valence electrons. The van der Waals surface area contributed by atoms with E-state index in [1.807, 2.05) is 32.9 Å². The standard InChI is InChI=1S/C21H26O5/c1-14(2)5-8-18-11-17(7-10-20(23)24)12-19(21(18)25)9-6-15(3)13-26-16(4)22/h5-7,10-12,25H,8-9,13H2,1-4H3,(H,23,24)/b10-7-,15-6-. The zero-order valence-electron chi connectivity index (χ0n) is 15.7. The van der Waals surface area contributed by atoms with E-state index >= 15 is 0 Å². The smallest absolute Gasteiger partial charge is 0.328 e. The fourth-order valence-electron chi connectivity index (χ4n) is 2.23. The lowest BCUT2D eigenvalue weighted by molar-refractivity contribution is -0.140. The lowest BCUT2D eigenvalue weighted by Gasteiger charge is -2.11. The average molecular weight is 358 g/mol. The molecular formula is C21H26O5. The Kier molecular flexibility index (Phi) is 8.35. The number of carboxylic acid groups (broad SMARTS) is 1. The predicted octanol–water partition coefficient (Wildman–Crippen LogP) is 4.05. The van der Waals surface area contributed by atoms with E-state index in [1.54, 1.807) is 12.1 Å². The van der Waals surface area contributed by atoms with Crippen molar-refractivity contribution in [1.29, 1.82) is 0 Å². The Labute approximate surface area is 154 Å². The van der Waals surface area contributed by atoms with Gasteiger partial charge in [-0.05, 0) is 74.1 Å². The van der Waals surface area contributed by atoms with Crippen LogP contribution in [-0.2, 0) is 27.2 Å². The summed E-state index contributed by atoms with van der Waals surface area (Å²) in [5.41, 5.74) is 4.14. The summed E-state index contributed by atoms with van der Waals surface area (Å²) in [6.45, 7) is 7.37. The molecule has 0 aliphatic rings. The SMILES string of the molecule is CC(=O)OC/C(C)=C\Cc1cc(/C=C\C(=O)O)cc(CC=C(C)C)c1O. The number of carbonyl (C=O) groups is 2. The third kappa shape index (κ3) is 7.83. The molecule has 0 atom stereocenters. The van der Waals surface area contributed by atoms with E-state index in [0.717, 1.165) is 22.8 Å². The van der Waals surface area contributed by atoms with Crippen LogP contribution >= 0.6 is 0 Å². The Morgan fingerprint density at radius 3 is 2.12 bits per heavy atom. The van der Waals surface area contributed by atoms with E-state index in [1.165, 1.54) is 13.0 Å². The minimum Gasteiger partial charge on any atom is -0.507 e. The number of phenolic OH excluding ortho intramolecular Hbond substituents is 1. The van der Waals surface area contributed by atoms with E-state index in [0.29, 0.717) is 24.0 Å². The molecule has 0 aliphatic carbocycles. The highest BCUT2D eigenvalue weighted by atomic mass is 16.5. The number of phenols is 1. The van der Waals surface area contributed by atoms with Crippen molar-refractivity contribution in [2.24, 2.45) is 0 Å². The van der Waals surface area contributed by atoms with Gasteiger partial charge in [0, 0.05) is 13.0 Å². The second-order valence-electron chi connectivity index (χ2n) is 6.38. The summed E-state index contributed by atoms with van der Waals surface area (Å²) in [5, 5.41) is 19.4. The summed E-state index contributed by atoms with van der Waals surface area (Å²) in [5.74, 6) is -1.17. The molecule has 0 saturated carbocycles. The molecule has 0 amide bonds. The van der Waals surface area contributed by atoms with Crippen LogP contribution in [0.2, 0.25) is 0 Å². The first-order valence-corrected chi connectivity index (χ1v) is 8.37. The van der Waals surface area contributed by atoms with Crippen molar-refractivity contribution in [2.75, 3.05) is 6.61 Å². The van der Waals surface area contributed by atoms with Crippen molar-refractivity contribution in [3.8, 4) is 5.75 Å². The summed E-state index contributed by atoms with van der Waals surface area (Å²) in [6.07, 6.45) is 7.48. The van der Waals surface area contributed by atoms with E-state index in [9.17, 15) is 14.7 Å². The number of carbonyl (C=O) groups excluding carboxylic acids is 1. The number of rotatable bonds is 8. The molecule has 0 bridgehead atoms. The minimum absolute atomic E-state index is 0.200. The molecule has 0 aromatic heterocycles. The van der Waals surface area contributed by atoms with Crippen LogP contribution in [0, 0.1) is 0 Å². The van der Waals surface area contributed by atoms with Gasteiger partial charge in [0.1, 0.15) is 12.4 Å². The predicted molar refractivity (Wildman–Crippen MR) is 102 cm³/mol. The van der Waals surface area contributed by atoms with E-state index in [-0.39, 0.29) is 18.3 Å². The molecule has 0 spiro atoms. The molecule has 1 aromatic carbocycles. The Balaban J connectivity index is 3.14. The lowest BCUT2D eigenvalue weighted by Crippen LogP contribution is -2.01. The highest BCUT2D eigenvalue weighted by Crippen LogP contribution is 2.27. The van der Waals surface area contributed by atoms with Gasteiger partial charge in [0.15, 0.2) is 0 Å². The molecule has 1 rings (SSSR count). The number of aromatic hydroxyl groups is 1.